The molecule has 8 heteroatoms. The van der Waals surface area contributed by atoms with E-state index in [1.807, 2.05) is 18.2 Å². The summed E-state index contributed by atoms with van der Waals surface area (Å²) in [6.07, 6.45) is -5.08. The molecule has 1 aromatic carbocycles. The molecule has 1 aromatic rings. The minimum absolute atomic E-state index is 0.610. The van der Waals surface area contributed by atoms with Crippen LogP contribution in [0.25, 0.3) is 0 Å². The molecule has 0 saturated heterocycles. The van der Waals surface area contributed by atoms with Crippen LogP contribution >= 0.6 is 0 Å². The lowest BCUT2D eigenvalue weighted by molar-refractivity contribution is -0.192. The van der Waals surface area contributed by atoms with Gasteiger partial charge in [0.05, 0.1) is 13.2 Å². The first-order valence-electron chi connectivity index (χ1n) is 4.82. The molecule has 0 aliphatic rings. The van der Waals surface area contributed by atoms with Gasteiger partial charge in [0.2, 0.25) is 0 Å². The van der Waals surface area contributed by atoms with E-state index in [0.29, 0.717) is 5.75 Å². The Morgan fingerprint density at radius 2 is 1.95 bits per heavy atom. The monoisotopic (exact) mass is 276 g/mol. The highest BCUT2D eigenvalue weighted by molar-refractivity contribution is 5.73. The lowest BCUT2D eigenvalue weighted by atomic mass is 10.1. The molecule has 0 aromatic heterocycles. The number of carbonyl (C=O) groups is 1. The molecule has 0 radical (unpaired) electrons. The SMILES string of the molecule is COc1ccccc1C(N)C#N.O=C(O)C(F)(F)F. The molecule has 0 aliphatic carbocycles. The Morgan fingerprint density at radius 1 is 1.47 bits per heavy atom. The maximum absolute atomic E-state index is 10.6. The Kier molecular flexibility index (Phi) is 6.36. The van der Waals surface area contributed by atoms with E-state index in [0.717, 1.165) is 5.56 Å². The number of alkyl halides is 3. The second-order valence-electron chi connectivity index (χ2n) is 3.15. The number of nitriles is 1. The van der Waals surface area contributed by atoms with E-state index < -0.39 is 18.2 Å². The van der Waals surface area contributed by atoms with Crippen molar-refractivity contribution in [1.82, 2.24) is 0 Å². The normalized spacial score (nSPS) is 11.6. The number of nitrogens with two attached hydrogens (primary N) is 1. The quantitative estimate of drug-likeness (QED) is 0.859. The molecular weight excluding hydrogens is 265 g/mol. The first-order valence-corrected chi connectivity index (χ1v) is 4.82. The number of para-hydroxylation sites is 1. The summed E-state index contributed by atoms with van der Waals surface area (Å²) in [5, 5.41) is 15.7. The number of benzene rings is 1. The van der Waals surface area contributed by atoms with Gasteiger partial charge in [0.15, 0.2) is 0 Å². The predicted octanol–water partition coefficient (Wildman–Crippen LogP) is 1.85. The van der Waals surface area contributed by atoms with E-state index in [2.05, 4.69) is 0 Å². The van der Waals surface area contributed by atoms with E-state index >= 15 is 0 Å². The Labute approximate surface area is 107 Å². The molecule has 1 atom stereocenters. The highest BCUT2D eigenvalue weighted by Gasteiger charge is 2.38. The molecule has 0 aliphatic heterocycles. The zero-order valence-electron chi connectivity index (χ0n) is 9.81. The van der Waals surface area contributed by atoms with Gasteiger partial charge in [0.25, 0.3) is 0 Å². The average molecular weight is 276 g/mol. The minimum atomic E-state index is -5.08. The van der Waals surface area contributed by atoms with Crippen molar-refractivity contribution in [3.05, 3.63) is 29.8 Å². The molecule has 0 amide bonds. The first kappa shape index (κ1) is 16.7. The number of aliphatic carboxylic acids is 1. The smallest absolute Gasteiger partial charge is 0.490 e. The van der Waals surface area contributed by atoms with Crippen LogP contribution in [0.2, 0.25) is 0 Å². The Bertz CT molecular complexity index is 469. The highest BCUT2D eigenvalue weighted by atomic mass is 19.4. The van der Waals surface area contributed by atoms with Gasteiger partial charge in [0, 0.05) is 5.56 Å². The van der Waals surface area contributed by atoms with Gasteiger partial charge < -0.3 is 15.6 Å². The fraction of sp³-hybridized carbons (Fsp3) is 0.273. The van der Waals surface area contributed by atoms with Gasteiger partial charge in [-0.1, -0.05) is 18.2 Å². The third kappa shape index (κ3) is 5.74. The minimum Gasteiger partial charge on any atom is -0.496 e. The van der Waals surface area contributed by atoms with Crippen LogP contribution in [0.5, 0.6) is 5.75 Å². The van der Waals surface area contributed by atoms with Crippen LogP contribution in [0.15, 0.2) is 24.3 Å². The number of rotatable bonds is 2. The van der Waals surface area contributed by atoms with Crippen molar-refractivity contribution in [1.29, 1.82) is 5.26 Å². The molecule has 0 heterocycles. The lowest BCUT2D eigenvalue weighted by Gasteiger charge is -2.08. The summed E-state index contributed by atoms with van der Waals surface area (Å²) < 4.78 is 36.8. The first-order chi connectivity index (χ1) is 8.73. The third-order valence-electron chi connectivity index (χ3n) is 1.86. The Hall–Kier alpha value is -2.27. The van der Waals surface area contributed by atoms with E-state index in [-0.39, 0.29) is 0 Å². The van der Waals surface area contributed by atoms with Crippen molar-refractivity contribution in [2.75, 3.05) is 7.11 Å². The van der Waals surface area contributed by atoms with E-state index in [1.54, 1.807) is 19.2 Å². The van der Waals surface area contributed by atoms with Crippen LogP contribution < -0.4 is 10.5 Å². The van der Waals surface area contributed by atoms with Crippen molar-refractivity contribution in [2.24, 2.45) is 5.73 Å². The van der Waals surface area contributed by atoms with Crippen LogP contribution in [0.3, 0.4) is 0 Å². The van der Waals surface area contributed by atoms with Crippen molar-refractivity contribution in [3.8, 4) is 11.8 Å². The topological polar surface area (TPSA) is 96.3 Å². The van der Waals surface area contributed by atoms with Gasteiger partial charge in [-0.2, -0.15) is 18.4 Å². The fourth-order valence-corrected chi connectivity index (χ4v) is 0.993. The van der Waals surface area contributed by atoms with Gasteiger partial charge in [-0.3, -0.25) is 0 Å². The van der Waals surface area contributed by atoms with Crippen molar-refractivity contribution < 1.29 is 27.8 Å². The summed E-state index contributed by atoms with van der Waals surface area (Å²) in [5.41, 5.74) is 6.25. The van der Waals surface area contributed by atoms with Crippen LogP contribution in [-0.4, -0.2) is 24.4 Å². The molecule has 1 rings (SSSR count). The number of carboxylic acid groups (broad SMARTS) is 1. The summed E-state index contributed by atoms with van der Waals surface area (Å²) >= 11 is 0. The van der Waals surface area contributed by atoms with Crippen molar-refractivity contribution in [2.45, 2.75) is 12.2 Å². The molecule has 1 unspecified atom stereocenters. The van der Waals surface area contributed by atoms with Crippen LogP contribution in [0, 0.1) is 11.3 Å². The van der Waals surface area contributed by atoms with Crippen LogP contribution in [0.4, 0.5) is 13.2 Å². The summed E-state index contributed by atoms with van der Waals surface area (Å²) in [6.45, 7) is 0. The van der Waals surface area contributed by atoms with Crippen molar-refractivity contribution in [3.63, 3.8) is 0 Å². The highest BCUT2D eigenvalue weighted by Crippen LogP contribution is 2.22. The Morgan fingerprint density at radius 3 is 2.32 bits per heavy atom. The molecule has 0 fully saturated rings. The van der Waals surface area contributed by atoms with E-state index in [1.165, 1.54) is 0 Å². The maximum Gasteiger partial charge on any atom is 0.490 e. The second kappa shape index (κ2) is 7.23. The number of ether oxygens (including phenoxy) is 1. The number of hydrogen-bond acceptors (Lipinski definition) is 4. The van der Waals surface area contributed by atoms with E-state index in [9.17, 15) is 13.2 Å². The number of nitrogens with zero attached hydrogens (tertiary/aromatic N) is 1. The average Bonchev–Trinajstić information content (AvgIpc) is 2.37. The maximum atomic E-state index is 10.6. The predicted molar refractivity (Wildman–Crippen MR) is 59.2 cm³/mol. The fourth-order valence-electron chi connectivity index (χ4n) is 0.993. The van der Waals surface area contributed by atoms with Gasteiger partial charge in [0.1, 0.15) is 11.8 Å². The zero-order valence-corrected chi connectivity index (χ0v) is 9.81. The number of carboxylic acids is 1. The van der Waals surface area contributed by atoms with Crippen LogP contribution in [-0.2, 0) is 4.79 Å². The summed E-state index contributed by atoms with van der Waals surface area (Å²) in [5.74, 6) is -2.10. The molecule has 104 valence electrons. The summed E-state index contributed by atoms with van der Waals surface area (Å²) in [6, 6.07) is 8.58. The van der Waals surface area contributed by atoms with Gasteiger partial charge >= 0.3 is 12.1 Å². The molecule has 3 N–H and O–H groups in total. The Balaban J connectivity index is 0.000000399. The van der Waals surface area contributed by atoms with Gasteiger partial charge in [-0.15, -0.1) is 0 Å². The lowest BCUT2D eigenvalue weighted by Crippen LogP contribution is -2.21. The molecule has 0 spiro atoms. The number of halogens is 3. The summed E-state index contributed by atoms with van der Waals surface area (Å²) in [4.78, 5) is 8.90. The van der Waals surface area contributed by atoms with Crippen molar-refractivity contribution >= 4 is 5.97 Å². The van der Waals surface area contributed by atoms with Crippen LogP contribution in [0.1, 0.15) is 11.6 Å². The van der Waals surface area contributed by atoms with Gasteiger partial charge in [-0.05, 0) is 6.07 Å². The number of hydrogen-bond donors (Lipinski definition) is 2. The third-order valence-corrected chi connectivity index (χ3v) is 1.86. The molecule has 0 saturated carbocycles. The molecule has 19 heavy (non-hydrogen) atoms. The standard InChI is InChI=1S/C9H10N2O.C2HF3O2/c1-12-9-5-3-2-4-7(9)8(11)6-10;3-2(4,5)1(6)7/h2-5,8H,11H2,1H3;(H,6,7). The largest absolute Gasteiger partial charge is 0.496 e. The summed E-state index contributed by atoms with van der Waals surface area (Å²) in [7, 11) is 1.56. The molecular formula is C11H11F3N2O3. The molecule has 5 nitrogen and oxygen atoms in total. The molecule has 0 bridgehead atoms. The zero-order chi connectivity index (χ0) is 15.1. The van der Waals surface area contributed by atoms with E-state index in [4.69, 9.17) is 25.6 Å². The number of methoxy groups -OCH3 is 1. The second-order valence-corrected chi connectivity index (χ2v) is 3.15. The van der Waals surface area contributed by atoms with Gasteiger partial charge in [-0.25, -0.2) is 4.79 Å².